The number of rotatable bonds is 9. The normalized spacial score (nSPS) is 11.9. The number of guanidine groups is 1. The largest absolute Gasteiger partial charge is 0.465 e. The molecule has 0 aliphatic heterocycles. The molecule has 0 fully saturated rings. The summed E-state index contributed by atoms with van der Waals surface area (Å²) in [5, 5.41) is 9.59. The molecule has 0 rings (SSSR count). The fraction of sp³-hybridized carbons (Fsp3) is 0.818. The zero-order valence-electron chi connectivity index (χ0n) is 10.5. The van der Waals surface area contributed by atoms with E-state index in [2.05, 4.69) is 12.2 Å². The van der Waals surface area contributed by atoms with Crippen molar-refractivity contribution in [1.29, 1.82) is 5.41 Å². The third-order valence-corrected chi connectivity index (χ3v) is 2.30. The molecule has 0 saturated heterocycles. The Labute approximate surface area is 103 Å². The molecule has 6 N–H and O–H groups in total. The number of nitrogens with two attached hydrogens (primary N) is 2. The van der Waals surface area contributed by atoms with Crippen molar-refractivity contribution in [2.75, 3.05) is 13.2 Å². The summed E-state index contributed by atoms with van der Waals surface area (Å²) in [6, 6.07) is -0.578. The van der Waals surface area contributed by atoms with Gasteiger partial charge in [0.2, 0.25) is 0 Å². The van der Waals surface area contributed by atoms with Gasteiger partial charge >= 0.3 is 5.97 Å². The highest BCUT2D eigenvalue weighted by Crippen LogP contribution is 1.99. The van der Waals surface area contributed by atoms with E-state index in [1.807, 2.05) is 0 Å². The summed E-state index contributed by atoms with van der Waals surface area (Å²) in [4.78, 5) is 11.4. The van der Waals surface area contributed by atoms with Crippen molar-refractivity contribution >= 4 is 11.9 Å². The Morgan fingerprint density at radius 3 is 2.71 bits per heavy atom. The number of hydrogen-bond acceptors (Lipinski definition) is 4. The highest BCUT2D eigenvalue weighted by atomic mass is 16.5. The van der Waals surface area contributed by atoms with Crippen LogP contribution in [-0.4, -0.2) is 31.1 Å². The first-order chi connectivity index (χ1) is 8.07. The SMILES string of the molecule is CCCCCOC(=O)C(N)CCCNC(=N)N. The molecular weight excluding hydrogens is 220 g/mol. The van der Waals surface area contributed by atoms with Crippen LogP contribution >= 0.6 is 0 Å². The van der Waals surface area contributed by atoms with Gasteiger partial charge in [-0.2, -0.15) is 0 Å². The summed E-state index contributed by atoms with van der Waals surface area (Å²) in [5.41, 5.74) is 10.8. The molecule has 1 atom stereocenters. The lowest BCUT2D eigenvalue weighted by Crippen LogP contribution is -2.35. The van der Waals surface area contributed by atoms with Crippen LogP contribution in [0.1, 0.15) is 39.0 Å². The van der Waals surface area contributed by atoms with Gasteiger partial charge in [-0.25, -0.2) is 0 Å². The summed E-state index contributed by atoms with van der Waals surface area (Å²) < 4.78 is 5.03. The summed E-state index contributed by atoms with van der Waals surface area (Å²) in [7, 11) is 0. The van der Waals surface area contributed by atoms with E-state index in [-0.39, 0.29) is 11.9 Å². The Kier molecular flexibility index (Phi) is 9.14. The second kappa shape index (κ2) is 9.89. The lowest BCUT2D eigenvalue weighted by molar-refractivity contribution is -0.145. The molecule has 17 heavy (non-hydrogen) atoms. The van der Waals surface area contributed by atoms with E-state index in [4.69, 9.17) is 21.6 Å². The van der Waals surface area contributed by atoms with Crippen LogP contribution < -0.4 is 16.8 Å². The van der Waals surface area contributed by atoms with Crippen LogP contribution in [-0.2, 0) is 9.53 Å². The molecule has 0 aliphatic carbocycles. The second-order valence-corrected chi connectivity index (χ2v) is 3.96. The quantitative estimate of drug-likeness (QED) is 0.202. The van der Waals surface area contributed by atoms with Crippen LogP contribution in [0.4, 0.5) is 0 Å². The Balaban J connectivity index is 3.50. The average Bonchev–Trinajstić information content (AvgIpc) is 2.29. The van der Waals surface area contributed by atoms with Crippen LogP contribution in [0.15, 0.2) is 0 Å². The number of unbranched alkanes of at least 4 members (excludes halogenated alkanes) is 2. The van der Waals surface area contributed by atoms with Crippen molar-refractivity contribution in [2.45, 2.75) is 45.1 Å². The molecule has 0 aromatic carbocycles. The average molecular weight is 244 g/mol. The van der Waals surface area contributed by atoms with Gasteiger partial charge in [-0.05, 0) is 19.3 Å². The van der Waals surface area contributed by atoms with E-state index in [0.717, 1.165) is 19.3 Å². The number of esters is 1. The van der Waals surface area contributed by atoms with Gasteiger partial charge in [-0.1, -0.05) is 19.8 Å². The maximum absolute atomic E-state index is 11.4. The molecule has 0 heterocycles. The van der Waals surface area contributed by atoms with Crippen molar-refractivity contribution in [1.82, 2.24) is 5.32 Å². The Bertz CT molecular complexity index is 234. The first-order valence-electron chi connectivity index (χ1n) is 6.08. The van der Waals surface area contributed by atoms with Gasteiger partial charge in [-0.15, -0.1) is 0 Å². The van der Waals surface area contributed by atoms with Crippen LogP contribution in [0.2, 0.25) is 0 Å². The van der Waals surface area contributed by atoms with Gasteiger partial charge in [-0.3, -0.25) is 10.2 Å². The predicted molar refractivity (Wildman–Crippen MR) is 67.6 cm³/mol. The molecule has 0 radical (unpaired) electrons. The zero-order valence-corrected chi connectivity index (χ0v) is 10.5. The van der Waals surface area contributed by atoms with Crippen LogP contribution in [0.25, 0.3) is 0 Å². The minimum absolute atomic E-state index is 0.0688. The first-order valence-corrected chi connectivity index (χ1v) is 6.08. The zero-order chi connectivity index (χ0) is 13.1. The van der Waals surface area contributed by atoms with Crippen molar-refractivity contribution in [3.8, 4) is 0 Å². The van der Waals surface area contributed by atoms with Crippen LogP contribution in [0.5, 0.6) is 0 Å². The monoisotopic (exact) mass is 244 g/mol. The predicted octanol–water partition coefficient (Wildman–Crippen LogP) is 0.310. The lowest BCUT2D eigenvalue weighted by Gasteiger charge is -2.11. The Morgan fingerprint density at radius 1 is 1.41 bits per heavy atom. The molecule has 0 saturated carbocycles. The number of nitrogens with one attached hydrogen (secondary N) is 2. The van der Waals surface area contributed by atoms with Crippen molar-refractivity contribution in [3.05, 3.63) is 0 Å². The molecule has 0 amide bonds. The molecule has 0 aromatic rings. The smallest absolute Gasteiger partial charge is 0.322 e. The summed E-state index contributed by atoms with van der Waals surface area (Å²) in [6.07, 6.45) is 4.27. The van der Waals surface area contributed by atoms with Gasteiger partial charge in [0.05, 0.1) is 6.61 Å². The van der Waals surface area contributed by atoms with Crippen LogP contribution in [0.3, 0.4) is 0 Å². The molecule has 0 spiro atoms. The number of carbonyl (C=O) groups excluding carboxylic acids is 1. The minimum atomic E-state index is -0.578. The van der Waals surface area contributed by atoms with E-state index < -0.39 is 6.04 Å². The minimum Gasteiger partial charge on any atom is -0.465 e. The molecule has 0 aliphatic rings. The highest BCUT2D eigenvalue weighted by molar-refractivity contribution is 5.75. The molecule has 0 bridgehead atoms. The Hall–Kier alpha value is -1.30. The number of ether oxygens (including phenoxy) is 1. The molecular formula is C11H24N4O2. The fourth-order valence-corrected chi connectivity index (χ4v) is 1.29. The standard InChI is InChI=1S/C11H24N4O2/c1-2-3-4-8-17-10(16)9(12)6-5-7-15-11(13)14/h9H,2-8,12H2,1H3,(H4,13,14,15). The van der Waals surface area contributed by atoms with E-state index in [1.54, 1.807) is 0 Å². The molecule has 100 valence electrons. The maximum atomic E-state index is 11.4. The van der Waals surface area contributed by atoms with Crippen molar-refractivity contribution < 1.29 is 9.53 Å². The van der Waals surface area contributed by atoms with E-state index in [9.17, 15) is 4.79 Å². The molecule has 1 unspecified atom stereocenters. The number of carbonyl (C=O) groups is 1. The number of hydrogen-bond donors (Lipinski definition) is 4. The summed E-state index contributed by atoms with van der Waals surface area (Å²) >= 11 is 0. The highest BCUT2D eigenvalue weighted by Gasteiger charge is 2.13. The Morgan fingerprint density at radius 2 is 2.12 bits per heavy atom. The van der Waals surface area contributed by atoms with Gasteiger partial charge in [0.15, 0.2) is 5.96 Å². The molecule has 6 nitrogen and oxygen atoms in total. The van der Waals surface area contributed by atoms with Gasteiger partial charge in [0.25, 0.3) is 0 Å². The van der Waals surface area contributed by atoms with Gasteiger partial charge < -0.3 is 21.5 Å². The second-order valence-electron chi connectivity index (χ2n) is 3.96. The first kappa shape index (κ1) is 15.7. The molecule has 0 aromatic heterocycles. The van der Waals surface area contributed by atoms with Crippen molar-refractivity contribution in [2.24, 2.45) is 11.5 Å². The van der Waals surface area contributed by atoms with Gasteiger partial charge in [0.1, 0.15) is 6.04 Å². The van der Waals surface area contributed by atoms with E-state index >= 15 is 0 Å². The lowest BCUT2D eigenvalue weighted by atomic mass is 10.1. The van der Waals surface area contributed by atoms with Gasteiger partial charge in [0, 0.05) is 6.54 Å². The van der Waals surface area contributed by atoms with E-state index in [0.29, 0.717) is 26.0 Å². The topological polar surface area (TPSA) is 114 Å². The summed E-state index contributed by atoms with van der Waals surface area (Å²) in [5.74, 6) is -0.412. The summed E-state index contributed by atoms with van der Waals surface area (Å²) in [6.45, 7) is 3.09. The van der Waals surface area contributed by atoms with E-state index in [1.165, 1.54) is 0 Å². The maximum Gasteiger partial charge on any atom is 0.322 e. The fourth-order valence-electron chi connectivity index (χ4n) is 1.29. The molecule has 6 heteroatoms. The van der Waals surface area contributed by atoms with Crippen LogP contribution in [0, 0.1) is 5.41 Å². The third kappa shape index (κ3) is 9.62. The van der Waals surface area contributed by atoms with Crippen molar-refractivity contribution in [3.63, 3.8) is 0 Å². The third-order valence-electron chi connectivity index (χ3n) is 2.30.